The largest absolute Gasteiger partial charge is 0.369 e. The van der Waals surface area contributed by atoms with Crippen molar-refractivity contribution >= 4 is 27.3 Å². The van der Waals surface area contributed by atoms with E-state index in [-0.39, 0.29) is 10.8 Å². The molecule has 0 unspecified atom stereocenters. The van der Waals surface area contributed by atoms with E-state index < -0.39 is 10.0 Å². The zero-order valence-electron chi connectivity index (χ0n) is 17.1. The van der Waals surface area contributed by atoms with Crippen molar-refractivity contribution in [2.45, 2.75) is 25.7 Å². The van der Waals surface area contributed by atoms with Crippen LogP contribution in [-0.4, -0.2) is 51.9 Å². The van der Waals surface area contributed by atoms with Crippen LogP contribution in [-0.2, 0) is 14.8 Å². The fourth-order valence-electron chi connectivity index (χ4n) is 3.77. The predicted molar refractivity (Wildman–Crippen MR) is 116 cm³/mol. The minimum Gasteiger partial charge on any atom is -0.369 e. The third-order valence-electron chi connectivity index (χ3n) is 5.21. The molecule has 1 aliphatic rings. The Bertz CT molecular complexity index is 972. The number of primary sulfonamides is 1. The number of nitrogens with two attached hydrogens (primary N) is 1. The van der Waals surface area contributed by atoms with Crippen molar-refractivity contribution in [3.63, 3.8) is 0 Å². The number of piperazine rings is 1. The summed E-state index contributed by atoms with van der Waals surface area (Å²) in [6.45, 7) is 9.48. The van der Waals surface area contributed by atoms with Gasteiger partial charge in [0.2, 0.25) is 15.9 Å². The Balaban J connectivity index is 1.54. The number of nitrogens with zero attached hydrogens (tertiary/aromatic N) is 2. The van der Waals surface area contributed by atoms with Crippen molar-refractivity contribution < 1.29 is 13.2 Å². The minimum absolute atomic E-state index is 0.00833. The molecule has 0 aliphatic carbocycles. The highest BCUT2D eigenvalue weighted by Gasteiger charge is 2.20. The number of aryl methyl sites for hydroxylation is 3. The van der Waals surface area contributed by atoms with Gasteiger partial charge in [-0.25, -0.2) is 13.6 Å². The lowest BCUT2D eigenvalue weighted by atomic mass is 10.1. The number of carbonyl (C=O) groups excluding carboxylic acids is 1. The van der Waals surface area contributed by atoms with E-state index in [1.165, 1.54) is 17.7 Å². The molecule has 0 bridgehead atoms. The Morgan fingerprint density at radius 1 is 1.00 bits per heavy atom. The smallest absolute Gasteiger partial charge is 0.238 e. The molecule has 0 atom stereocenters. The highest BCUT2D eigenvalue weighted by atomic mass is 32.2. The van der Waals surface area contributed by atoms with Crippen LogP contribution in [0.3, 0.4) is 0 Å². The first kappa shape index (κ1) is 21.3. The van der Waals surface area contributed by atoms with Crippen LogP contribution in [0.5, 0.6) is 0 Å². The van der Waals surface area contributed by atoms with Gasteiger partial charge < -0.3 is 10.2 Å². The lowest BCUT2D eigenvalue weighted by Gasteiger charge is -2.35. The normalized spacial score (nSPS) is 15.4. The first-order valence-electron chi connectivity index (χ1n) is 9.61. The van der Waals surface area contributed by atoms with E-state index >= 15 is 0 Å². The molecule has 2 aromatic carbocycles. The third kappa shape index (κ3) is 5.35. The second-order valence-electron chi connectivity index (χ2n) is 7.62. The summed E-state index contributed by atoms with van der Waals surface area (Å²) >= 11 is 0. The first-order valence-corrected chi connectivity index (χ1v) is 11.2. The lowest BCUT2D eigenvalue weighted by molar-refractivity contribution is -0.117. The molecule has 1 saturated heterocycles. The number of rotatable bonds is 5. The molecule has 0 aromatic heterocycles. The summed E-state index contributed by atoms with van der Waals surface area (Å²) in [5.41, 5.74) is 5.18. The highest BCUT2D eigenvalue weighted by molar-refractivity contribution is 7.89. The Hall–Kier alpha value is -2.42. The van der Waals surface area contributed by atoms with Gasteiger partial charge in [0.25, 0.3) is 0 Å². The Morgan fingerprint density at radius 2 is 1.55 bits per heavy atom. The van der Waals surface area contributed by atoms with Gasteiger partial charge in [0.05, 0.1) is 11.4 Å². The Labute approximate surface area is 172 Å². The second-order valence-corrected chi connectivity index (χ2v) is 9.19. The molecule has 156 valence electrons. The molecule has 29 heavy (non-hydrogen) atoms. The van der Waals surface area contributed by atoms with Crippen LogP contribution in [0.2, 0.25) is 0 Å². The second kappa shape index (κ2) is 8.52. The molecule has 1 aliphatic heterocycles. The summed E-state index contributed by atoms with van der Waals surface area (Å²) in [5.74, 6) is -0.00833. The summed E-state index contributed by atoms with van der Waals surface area (Å²) in [7, 11) is -3.68. The highest BCUT2D eigenvalue weighted by Crippen LogP contribution is 2.22. The number of amides is 1. The third-order valence-corrected chi connectivity index (χ3v) is 6.14. The average molecular weight is 417 g/mol. The van der Waals surface area contributed by atoms with Crippen LogP contribution in [0.15, 0.2) is 41.3 Å². The van der Waals surface area contributed by atoms with Crippen LogP contribution in [0, 0.1) is 20.8 Å². The summed E-state index contributed by atoms with van der Waals surface area (Å²) in [6, 6.07) is 10.7. The number of hydrogen-bond acceptors (Lipinski definition) is 5. The fourth-order valence-corrected chi connectivity index (χ4v) is 4.29. The van der Waals surface area contributed by atoms with E-state index in [2.05, 4.69) is 27.2 Å². The molecule has 0 radical (unpaired) electrons. The Kier molecular flexibility index (Phi) is 6.26. The molecular weight excluding hydrogens is 388 g/mol. The number of nitrogens with one attached hydrogen (secondary N) is 1. The summed E-state index contributed by atoms with van der Waals surface area (Å²) in [5, 5.41) is 8.20. The molecule has 0 spiro atoms. The van der Waals surface area contributed by atoms with Gasteiger partial charge in [-0.1, -0.05) is 17.7 Å². The summed E-state index contributed by atoms with van der Waals surface area (Å²) < 4.78 is 22.8. The van der Waals surface area contributed by atoms with Crippen LogP contribution in [0.25, 0.3) is 0 Å². The number of carbonyl (C=O) groups is 1. The SMILES string of the molecule is Cc1cc(C)c(NC(=O)CN2CCN(c3ccc(S(N)(=O)=O)cc3)CC2)c(C)c1. The van der Waals surface area contributed by atoms with E-state index in [9.17, 15) is 13.2 Å². The van der Waals surface area contributed by atoms with Crippen molar-refractivity contribution in [1.82, 2.24) is 4.90 Å². The van der Waals surface area contributed by atoms with E-state index in [1.54, 1.807) is 12.1 Å². The number of benzene rings is 2. The molecule has 3 rings (SSSR count). The zero-order valence-corrected chi connectivity index (χ0v) is 17.9. The minimum atomic E-state index is -3.68. The number of hydrogen-bond donors (Lipinski definition) is 2. The first-order chi connectivity index (χ1) is 13.6. The molecule has 2 aromatic rings. The average Bonchev–Trinajstić information content (AvgIpc) is 2.65. The number of sulfonamides is 1. The maximum atomic E-state index is 12.5. The molecular formula is C21H28N4O3S. The van der Waals surface area contributed by atoms with Crippen LogP contribution in [0.1, 0.15) is 16.7 Å². The standard InChI is InChI=1S/C21H28N4O3S/c1-15-12-16(2)21(17(3)13-15)23-20(26)14-24-8-10-25(11-9-24)18-4-6-19(7-5-18)29(22,27)28/h4-7,12-13H,8-11,14H2,1-3H3,(H,23,26)(H2,22,27,28). The fraction of sp³-hybridized carbons (Fsp3) is 0.381. The predicted octanol–water partition coefficient (Wildman–Crippen LogP) is 2.02. The molecule has 1 fully saturated rings. The maximum absolute atomic E-state index is 12.5. The van der Waals surface area contributed by atoms with Gasteiger partial charge >= 0.3 is 0 Å². The quantitative estimate of drug-likeness (QED) is 0.777. The van der Waals surface area contributed by atoms with Crippen LogP contribution >= 0.6 is 0 Å². The van der Waals surface area contributed by atoms with Gasteiger partial charge in [-0.3, -0.25) is 9.69 Å². The van der Waals surface area contributed by atoms with Crippen molar-refractivity contribution in [3.05, 3.63) is 53.1 Å². The molecule has 0 saturated carbocycles. The van der Waals surface area contributed by atoms with Crippen molar-refractivity contribution in [2.24, 2.45) is 5.14 Å². The van der Waals surface area contributed by atoms with Gasteiger partial charge in [0, 0.05) is 37.6 Å². The Morgan fingerprint density at radius 3 is 2.07 bits per heavy atom. The van der Waals surface area contributed by atoms with Gasteiger partial charge in [0.15, 0.2) is 0 Å². The number of anilines is 2. The zero-order chi connectivity index (χ0) is 21.2. The van der Waals surface area contributed by atoms with E-state index in [4.69, 9.17) is 5.14 Å². The molecule has 3 N–H and O–H groups in total. The van der Waals surface area contributed by atoms with Gasteiger partial charge in [-0.05, 0) is 56.2 Å². The maximum Gasteiger partial charge on any atom is 0.238 e. The lowest BCUT2D eigenvalue weighted by Crippen LogP contribution is -2.48. The van der Waals surface area contributed by atoms with E-state index in [1.807, 2.05) is 20.8 Å². The van der Waals surface area contributed by atoms with Gasteiger partial charge in [0.1, 0.15) is 0 Å². The molecule has 1 heterocycles. The van der Waals surface area contributed by atoms with Crippen LogP contribution in [0.4, 0.5) is 11.4 Å². The van der Waals surface area contributed by atoms with Crippen molar-refractivity contribution in [1.29, 1.82) is 0 Å². The van der Waals surface area contributed by atoms with Crippen molar-refractivity contribution in [2.75, 3.05) is 42.9 Å². The van der Waals surface area contributed by atoms with Gasteiger partial charge in [-0.15, -0.1) is 0 Å². The molecule has 7 nitrogen and oxygen atoms in total. The van der Waals surface area contributed by atoms with E-state index in [0.717, 1.165) is 48.7 Å². The molecule has 8 heteroatoms. The molecule has 1 amide bonds. The summed E-state index contributed by atoms with van der Waals surface area (Å²) in [4.78, 5) is 16.9. The van der Waals surface area contributed by atoms with E-state index in [0.29, 0.717) is 6.54 Å². The topological polar surface area (TPSA) is 95.7 Å². The van der Waals surface area contributed by atoms with Crippen molar-refractivity contribution in [3.8, 4) is 0 Å². The monoisotopic (exact) mass is 416 g/mol. The summed E-state index contributed by atoms with van der Waals surface area (Å²) in [6.07, 6.45) is 0. The van der Waals surface area contributed by atoms with Crippen LogP contribution < -0.4 is 15.4 Å². The van der Waals surface area contributed by atoms with Gasteiger partial charge in [-0.2, -0.15) is 0 Å².